The molecule has 2 heterocycles. The first kappa shape index (κ1) is 14.3. The number of thiophene rings is 1. The molecule has 0 aromatic carbocycles. The molecule has 1 saturated heterocycles. The fraction of sp³-hybridized carbons (Fsp3) is 0.714. The first-order valence-electron chi connectivity index (χ1n) is 6.77. The topological polar surface area (TPSA) is 29.3 Å². The number of nitrogens with zero attached hydrogens (tertiary/aromatic N) is 1. The van der Waals surface area contributed by atoms with Crippen molar-refractivity contribution in [3.8, 4) is 0 Å². The van der Waals surface area contributed by atoms with E-state index in [0.717, 1.165) is 35.7 Å². The van der Waals surface area contributed by atoms with Gasteiger partial charge in [-0.15, -0.1) is 11.3 Å². The molecule has 1 aliphatic heterocycles. The molecule has 18 heavy (non-hydrogen) atoms. The van der Waals surface area contributed by atoms with Crippen LogP contribution >= 0.6 is 22.9 Å². The van der Waals surface area contributed by atoms with Crippen molar-refractivity contribution in [2.75, 3.05) is 13.1 Å². The number of hydrogen-bond donors (Lipinski definition) is 1. The van der Waals surface area contributed by atoms with Crippen LogP contribution in [0.25, 0.3) is 0 Å². The van der Waals surface area contributed by atoms with Crippen molar-refractivity contribution in [3.05, 3.63) is 21.3 Å². The zero-order chi connectivity index (χ0) is 13.3. The molecule has 2 nitrogen and oxygen atoms in total. The van der Waals surface area contributed by atoms with E-state index in [2.05, 4.69) is 31.7 Å². The summed E-state index contributed by atoms with van der Waals surface area (Å²) >= 11 is 7.75. The molecule has 0 spiro atoms. The quantitative estimate of drug-likeness (QED) is 0.913. The van der Waals surface area contributed by atoms with Crippen LogP contribution in [0.4, 0.5) is 0 Å². The summed E-state index contributed by atoms with van der Waals surface area (Å²) in [4.78, 5) is 3.86. The third-order valence-electron chi connectivity index (χ3n) is 4.17. The van der Waals surface area contributed by atoms with Crippen LogP contribution in [-0.4, -0.2) is 24.0 Å². The summed E-state index contributed by atoms with van der Waals surface area (Å²) in [5, 5.41) is 0. The van der Waals surface area contributed by atoms with Gasteiger partial charge in [-0.3, -0.25) is 4.90 Å². The van der Waals surface area contributed by atoms with Crippen molar-refractivity contribution in [2.24, 2.45) is 17.6 Å². The molecule has 1 aliphatic rings. The van der Waals surface area contributed by atoms with Crippen LogP contribution in [0.3, 0.4) is 0 Å². The number of hydrogen-bond acceptors (Lipinski definition) is 3. The molecule has 0 amide bonds. The molecule has 2 rings (SSSR count). The summed E-state index contributed by atoms with van der Waals surface area (Å²) in [6.07, 6.45) is 0.999. The van der Waals surface area contributed by atoms with Gasteiger partial charge in [0.15, 0.2) is 0 Å². The SMILES string of the molecule is CCC(N)C(c1ccc(Cl)s1)N1CC(C)C(C)C1. The Hall–Kier alpha value is -0.0900. The second kappa shape index (κ2) is 5.91. The van der Waals surface area contributed by atoms with E-state index in [9.17, 15) is 0 Å². The minimum atomic E-state index is 0.192. The Balaban J connectivity index is 2.21. The van der Waals surface area contributed by atoms with Gasteiger partial charge in [-0.25, -0.2) is 0 Å². The predicted octanol–water partition coefficient (Wildman–Crippen LogP) is 3.77. The largest absolute Gasteiger partial charge is 0.326 e. The highest BCUT2D eigenvalue weighted by Crippen LogP contribution is 2.37. The van der Waals surface area contributed by atoms with E-state index in [1.165, 1.54) is 4.88 Å². The van der Waals surface area contributed by atoms with Crippen molar-refractivity contribution >= 4 is 22.9 Å². The van der Waals surface area contributed by atoms with Crippen molar-refractivity contribution in [3.63, 3.8) is 0 Å². The monoisotopic (exact) mass is 286 g/mol. The Bertz CT molecular complexity index is 383. The Morgan fingerprint density at radius 3 is 2.44 bits per heavy atom. The van der Waals surface area contributed by atoms with Gasteiger partial charge in [0, 0.05) is 24.0 Å². The van der Waals surface area contributed by atoms with Gasteiger partial charge in [0.05, 0.1) is 10.4 Å². The molecule has 0 aliphatic carbocycles. The van der Waals surface area contributed by atoms with Gasteiger partial charge in [-0.1, -0.05) is 32.4 Å². The molecule has 4 heteroatoms. The summed E-state index contributed by atoms with van der Waals surface area (Å²) in [5.74, 6) is 1.51. The molecular formula is C14H23ClN2S. The lowest BCUT2D eigenvalue weighted by Gasteiger charge is -2.31. The van der Waals surface area contributed by atoms with E-state index in [-0.39, 0.29) is 6.04 Å². The van der Waals surface area contributed by atoms with Crippen LogP contribution in [0.5, 0.6) is 0 Å². The summed E-state index contributed by atoms with van der Waals surface area (Å²) in [6, 6.07) is 4.65. The predicted molar refractivity (Wildman–Crippen MR) is 80.2 cm³/mol. The van der Waals surface area contributed by atoms with E-state index in [1.807, 2.05) is 6.07 Å². The lowest BCUT2D eigenvalue weighted by Crippen LogP contribution is -2.39. The zero-order valence-corrected chi connectivity index (χ0v) is 13.0. The maximum Gasteiger partial charge on any atom is 0.0931 e. The third kappa shape index (κ3) is 2.90. The molecule has 0 bridgehead atoms. The average Bonchev–Trinajstić information content (AvgIpc) is 2.87. The molecule has 0 saturated carbocycles. The van der Waals surface area contributed by atoms with Gasteiger partial charge < -0.3 is 5.73 Å². The van der Waals surface area contributed by atoms with Gasteiger partial charge in [0.2, 0.25) is 0 Å². The molecule has 0 radical (unpaired) electrons. The first-order valence-corrected chi connectivity index (χ1v) is 7.97. The van der Waals surface area contributed by atoms with E-state index < -0.39 is 0 Å². The Morgan fingerprint density at radius 2 is 2.00 bits per heavy atom. The Kier molecular flexibility index (Phi) is 4.70. The van der Waals surface area contributed by atoms with Crippen LogP contribution in [0.1, 0.15) is 38.1 Å². The van der Waals surface area contributed by atoms with Crippen LogP contribution in [0.2, 0.25) is 4.34 Å². The van der Waals surface area contributed by atoms with Gasteiger partial charge in [0.1, 0.15) is 0 Å². The standard InChI is InChI=1S/C14H23ClN2S/c1-4-11(16)14(12-5-6-13(15)18-12)17-7-9(2)10(3)8-17/h5-6,9-11,14H,4,7-8,16H2,1-3H3. The van der Waals surface area contributed by atoms with E-state index in [1.54, 1.807) is 11.3 Å². The second-order valence-electron chi connectivity index (χ2n) is 5.57. The van der Waals surface area contributed by atoms with Crippen molar-refractivity contribution in [1.82, 2.24) is 4.90 Å². The van der Waals surface area contributed by atoms with Crippen molar-refractivity contribution in [2.45, 2.75) is 39.3 Å². The number of likely N-dealkylation sites (tertiary alicyclic amines) is 1. The number of nitrogens with two attached hydrogens (primary N) is 1. The van der Waals surface area contributed by atoms with Gasteiger partial charge in [-0.2, -0.15) is 0 Å². The van der Waals surface area contributed by atoms with Crippen LogP contribution in [0, 0.1) is 11.8 Å². The van der Waals surface area contributed by atoms with E-state index in [4.69, 9.17) is 17.3 Å². The summed E-state index contributed by atoms with van der Waals surface area (Å²) in [6.45, 7) is 9.13. The van der Waals surface area contributed by atoms with Gasteiger partial charge in [-0.05, 0) is 30.4 Å². The summed E-state index contributed by atoms with van der Waals surface area (Å²) in [5.41, 5.74) is 6.35. The highest BCUT2D eigenvalue weighted by atomic mass is 35.5. The molecule has 1 fully saturated rings. The minimum Gasteiger partial charge on any atom is -0.326 e. The van der Waals surface area contributed by atoms with Crippen molar-refractivity contribution in [1.29, 1.82) is 0 Å². The normalized spacial score (nSPS) is 28.5. The Morgan fingerprint density at radius 1 is 1.39 bits per heavy atom. The average molecular weight is 287 g/mol. The molecule has 1 aromatic rings. The maximum absolute atomic E-state index is 6.35. The van der Waals surface area contributed by atoms with Crippen molar-refractivity contribution < 1.29 is 0 Å². The second-order valence-corrected chi connectivity index (χ2v) is 7.31. The lowest BCUT2D eigenvalue weighted by molar-refractivity contribution is 0.204. The molecule has 4 atom stereocenters. The fourth-order valence-corrected chi connectivity index (χ4v) is 4.05. The molecule has 4 unspecified atom stereocenters. The first-order chi connectivity index (χ1) is 8.52. The highest BCUT2D eigenvalue weighted by Gasteiger charge is 2.34. The molecule has 102 valence electrons. The smallest absolute Gasteiger partial charge is 0.0931 e. The van der Waals surface area contributed by atoms with Crippen LogP contribution in [0.15, 0.2) is 12.1 Å². The third-order valence-corrected chi connectivity index (χ3v) is 5.47. The number of halogens is 1. The molecule has 1 aromatic heterocycles. The highest BCUT2D eigenvalue weighted by molar-refractivity contribution is 7.16. The lowest BCUT2D eigenvalue weighted by atomic mass is 10.0. The molecular weight excluding hydrogens is 264 g/mol. The zero-order valence-electron chi connectivity index (χ0n) is 11.4. The maximum atomic E-state index is 6.35. The number of rotatable bonds is 4. The Labute approximate surface area is 119 Å². The minimum absolute atomic E-state index is 0.192. The summed E-state index contributed by atoms with van der Waals surface area (Å²) < 4.78 is 0.860. The van der Waals surface area contributed by atoms with Gasteiger partial charge in [0.25, 0.3) is 0 Å². The van der Waals surface area contributed by atoms with Crippen LogP contribution < -0.4 is 5.73 Å². The summed E-state index contributed by atoms with van der Waals surface area (Å²) in [7, 11) is 0. The van der Waals surface area contributed by atoms with Crippen LogP contribution in [-0.2, 0) is 0 Å². The van der Waals surface area contributed by atoms with E-state index in [0.29, 0.717) is 6.04 Å². The fourth-order valence-electron chi connectivity index (χ4n) is 2.77. The van der Waals surface area contributed by atoms with Gasteiger partial charge >= 0.3 is 0 Å². The van der Waals surface area contributed by atoms with E-state index >= 15 is 0 Å². The molecule has 2 N–H and O–H groups in total.